The lowest BCUT2D eigenvalue weighted by Gasteiger charge is -2.33. The Bertz CT molecular complexity index is 1260. The molecular formula is C20H21N3O6S3. The van der Waals surface area contributed by atoms with Crippen molar-refractivity contribution < 1.29 is 26.0 Å². The van der Waals surface area contributed by atoms with Crippen molar-refractivity contribution in [1.29, 1.82) is 0 Å². The number of sulfonamides is 2. The summed E-state index contributed by atoms with van der Waals surface area (Å²) in [6.45, 7) is 0.946. The first-order valence-corrected chi connectivity index (χ1v) is 13.5. The van der Waals surface area contributed by atoms with Gasteiger partial charge < -0.3 is 9.32 Å². The first-order valence-electron chi connectivity index (χ1n) is 9.72. The molecule has 0 atom stereocenters. The minimum Gasteiger partial charge on any atom is -0.468 e. The van der Waals surface area contributed by atoms with Crippen LogP contribution in [-0.4, -0.2) is 58.1 Å². The van der Waals surface area contributed by atoms with Gasteiger partial charge in [-0.3, -0.25) is 4.79 Å². The molecule has 3 aromatic rings. The standard InChI is InChI=1S/C20H21N3O6S3/c24-20(22-9-11-23(12-10-22)32(27,28)19-4-2-14-30-19)16-5-7-18(8-6-16)31(25,26)21-15-17-3-1-13-29-17/h1-8,13-14,21H,9-12,15H2. The van der Waals surface area contributed by atoms with Gasteiger partial charge in [0.25, 0.3) is 15.9 Å². The Labute approximate surface area is 190 Å². The van der Waals surface area contributed by atoms with E-state index in [0.29, 0.717) is 11.3 Å². The maximum atomic E-state index is 12.8. The molecule has 0 bridgehead atoms. The molecule has 1 amide bonds. The summed E-state index contributed by atoms with van der Waals surface area (Å²) in [6, 6.07) is 12.2. The maximum Gasteiger partial charge on any atom is 0.253 e. The molecule has 32 heavy (non-hydrogen) atoms. The number of rotatable bonds is 7. The number of carbonyl (C=O) groups excluding carboxylic acids is 1. The summed E-state index contributed by atoms with van der Waals surface area (Å²) >= 11 is 1.16. The number of thiophene rings is 1. The molecule has 1 aliphatic heterocycles. The van der Waals surface area contributed by atoms with Crippen LogP contribution in [0.1, 0.15) is 16.1 Å². The first-order chi connectivity index (χ1) is 15.3. The Kier molecular flexibility index (Phi) is 6.49. The molecule has 1 aliphatic rings. The fourth-order valence-corrected chi connectivity index (χ4v) is 6.85. The second-order valence-electron chi connectivity index (χ2n) is 7.06. The monoisotopic (exact) mass is 495 g/mol. The van der Waals surface area contributed by atoms with Gasteiger partial charge >= 0.3 is 0 Å². The predicted molar refractivity (Wildman–Crippen MR) is 118 cm³/mol. The van der Waals surface area contributed by atoms with E-state index in [1.54, 1.807) is 34.5 Å². The molecule has 1 fully saturated rings. The highest BCUT2D eigenvalue weighted by molar-refractivity contribution is 7.91. The highest BCUT2D eigenvalue weighted by Gasteiger charge is 2.31. The van der Waals surface area contributed by atoms with E-state index in [2.05, 4.69) is 4.72 Å². The van der Waals surface area contributed by atoms with E-state index in [-0.39, 0.29) is 47.7 Å². The van der Waals surface area contributed by atoms with Gasteiger partial charge in [0, 0.05) is 31.7 Å². The van der Waals surface area contributed by atoms with Crippen LogP contribution in [0.2, 0.25) is 0 Å². The largest absolute Gasteiger partial charge is 0.468 e. The third-order valence-electron chi connectivity index (χ3n) is 5.04. The summed E-state index contributed by atoms with van der Waals surface area (Å²) in [6.07, 6.45) is 1.46. The quantitative estimate of drug-likeness (QED) is 0.536. The van der Waals surface area contributed by atoms with Gasteiger partial charge in [-0.25, -0.2) is 21.6 Å². The molecule has 2 aromatic heterocycles. The fourth-order valence-electron chi connectivity index (χ4n) is 3.29. The molecule has 170 valence electrons. The van der Waals surface area contributed by atoms with Gasteiger partial charge in [0.1, 0.15) is 9.97 Å². The molecule has 0 radical (unpaired) electrons. The average molecular weight is 496 g/mol. The average Bonchev–Trinajstić information content (AvgIpc) is 3.52. The van der Waals surface area contributed by atoms with Crippen molar-refractivity contribution >= 4 is 37.3 Å². The molecular weight excluding hydrogens is 474 g/mol. The third-order valence-corrected chi connectivity index (χ3v) is 9.73. The summed E-state index contributed by atoms with van der Waals surface area (Å²) < 4.78 is 59.3. The molecule has 3 heterocycles. The zero-order valence-corrected chi connectivity index (χ0v) is 19.3. The molecule has 12 heteroatoms. The number of hydrogen-bond donors (Lipinski definition) is 1. The van der Waals surface area contributed by atoms with Gasteiger partial charge in [-0.15, -0.1) is 11.3 Å². The Morgan fingerprint density at radius 1 is 0.969 bits per heavy atom. The lowest BCUT2D eigenvalue weighted by Crippen LogP contribution is -2.50. The fraction of sp³-hybridized carbons (Fsp3) is 0.250. The molecule has 4 rings (SSSR count). The molecule has 0 aliphatic carbocycles. The van der Waals surface area contributed by atoms with Crippen LogP contribution in [0.5, 0.6) is 0 Å². The van der Waals surface area contributed by atoms with Crippen LogP contribution in [0.15, 0.2) is 73.7 Å². The van der Waals surface area contributed by atoms with E-state index in [1.807, 2.05) is 0 Å². The Balaban J connectivity index is 1.37. The van der Waals surface area contributed by atoms with Crippen molar-refractivity contribution in [2.24, 2.45) is 0 Å². The molecule has 1 aromatic carbocycles. The Morgan fingerprint density at radius 2 is 1.69 bits per heavy atom. The molecule has 1 N–H and O–H groups in total. The van der Waals surface area contributed by atoms with Crippen LogP contribution in [-0.2, 0) is 26.6 Å². The maximum absolute atomic E-state index is 12.8. The first kappa shape index (κ1) is 22.7. The summed E-state index contributed by atoms with van der Waals surface area (Å²) in [5, 5.41) is 1.71. The zero-order valence-electron chi connectivity index (χ0n) is 16.9. The number of piperazine rings is 1. The van der Waals surface area contributed by atoms with Gasteiger partial charge in [-0.1, -0.05) is 6.07 Å². The lowest BCUT2D eigenvalue weighted by atomic mass is 10.2. The SMILES string of the molecule is O=C(c1ccc(S(=O)(=O)NCc2ccco2)cc1)N1CCN(S(=O)(=O)c2cccs2)CC1. The van der Waals surface area contributed by atoms with Crippen LogP contribution in [0.25, 0.3) is 0 Å². The van der Waals surface area contributed by atoms with Crippen LogP contribution in [0.3, 0.4) is 0 Å². The van der Waals surface area contributed by atoms with Crippen LogP contribution < -0.4 is 4.72 Å². The number of amides is 1. The van der Waals surface area contributed by atoms with Crippen molar-refractivity contribution in [1.82, 2.24) is 13.9 Å². The highest BCUT2D eigenvalue weighted by Crippen LogP contribution is 2.22. The van der Waals surface area contributed by atoms with Crippen molar-refractivity contribution in [3.05, 3.63) is 71.5 Å². The van der Waals surface area contributed by atoms with Crippen LogP contribution in [0.4, 0.5) is 0 Å². The lowest BCUT2D eigenvalue weighted by molar-refractivity contribution is 0.0698. The van der Waals surface area contributed by atoms with Crippen molar-refractivity contribution in [3.8, 4) is 0 Å². The molecule has 9 nitrogen and oxygen atoms in total. The minimum atomic E-state index is -3.76. The second-order valence-corrected chi connectivity index (χ2v) is 11.9. The van der Waals surface area contributed by atoms with Crippen LogP contribution >= 0.6 is 11.3 Å². The number of nitrogens with zero attached hydrogens (tertiary/aromatic N) is 2. The van der Waals surface area contributed by atoms with Gasteiger partial charge in [0.05, 0.1) is 17.7 Å². The number of hydrogen-bond acceptors (Lipinski definition) is 7. The zero-order chi connectivity index (χ0) is 22.8. The van der Waals surface area contributed by atoms with E-state index < -0.39 is 20.0 Å². The predicted octanol–water partition coefficient (Wildman–Crippen LogP) is 1.97. The summed E-state index contributed by atoms with van der Waals surface area (Å²) in [5.74, 6) is 0.214. The van der Waals surface area contributed by atoms with Gasteiger partial charge in [0.2, 0.25) is 10.0 Å². The van der Waals surface area contributed by atoms with E-state index >= 15 is 0 Å². The smallest absolute Gasteiger partial charge is 0.253 e. The summed E-state index contributed by atoms with van der Waals surface area (Å²) in [7, 11) is -7.30. The Hall–Kier alpha value is -2.51. The Morgan fingerprint density at radius 3 is 2.28 bits per heavy atom. The van der Waals surface area contributed by atoms with Gasteiger partial charge in [0.15, 0.2) is 0 Å². The molecule has 0 unspecified atom stereocenters. The highest BCUT2D eigenvalue weighted by atomic mass is 32.2. The molecule has 1 saturated heterocycles. The van der Waals surface area contributed by atoms with Gasteiger partial charge in [-0.05, 0) is 47.8 Å². The van der Waals surface area contributed by atoms with Gasteiger partial charge in [-0.2, -0.15) is 4.31 Å². The summed E-state index contributed by atoms with van der Waals surface area (Å²) in [4.78, 5) is 14.4. The van der Waals surface area contributed by atoms with E-state index in [1.165, 1.54) is 34.8 Å². The van der Waals surface area contributed by atoms with E-state index in [4.69, 9.17) is 4.42 Å². The van der Waals surface area contributed by atoms with E-state index in [9.17, 15) is 21.6 Å². The number of nitrogens with one attached hydrogen (secondary N) is 1. The molecule has 0 spiro atoms. The minimum absolute atomic E-state index is 0.0225. The second kappa shape index (κ2) is 9.16. The van der Waals surface area contributed by atoms with Crippen molar-refractivity contribution in [3.63, 3.8) is 0 Å². The number of benzene rings is 1. The number of carbonyl (C=O) groups is 1. The number of furan rings is 1. The van der Waals surface area contributed by atoms with Crippen molar-refractivity contribution in [2.45, 2.75) is 15.6 Å². The molecule has 0 saturated carbocycles. The summed E-state index contributed by atoms with van der Waals surface area (Å²) in [5.41, 5.74) is 0.338. The van der Waals surface area contributed by atoms with Crippen molar-refractivity contribution in [2.75, 3.05) is 26.2 Å². The van der Waals surface area contributed by atoms with Crippen LogP contribution in [0, 0.1) is 0 Å². The third kappa shape index (κ3) is 4.79. The topological polar surface area (TPSA) is 117 Å². The van der Waals surface area contributed by atoms with E-state index in [0.717, 1.165) is 11.3 Å². The normalized spacial score (nSPS) is 15.7.